The summed E-state index contributed by atoms with van der Waals surface area (Å²) in [6.45, 7) is 2.53. The molecule has 2 fully saturated rings. The maximum atomic E-state index is 13.5. The second-order valence-electron chi connectivity index (χ2n) is 5.91. The largest absolute Gasteiger partial charge is 0.383 e. The number of rotatable bonds is 5. The Bertz CT molecular complexity index is 545. The molecule has 2 aliphatic rings. The molecule has 0 radical (unpaired) electrons. The van der Waals surface area contributed by atoms with E-state index in [2.05, 4.69) is 5.32 Å². The summed E-state index contributed by atoms with van der Waals surface area (Å²) in [6, 6.07) is 6.47. The zero-order valence-electron chi connectivity index (χ0n) is 12.4. The molecule has 4 nitrogen and oxygen atoms in total. The van der Waals surface area contributed by atoms with Crippen molar-refractivity contribution in [2.45, 2.75) is 43.9 Å². The summed E-state index contributed by atoms with van der Waals surface area (Å²) in [6.07, 6.45) is 2.26. The predicted molar refractivity (Wildman–Crippen MR) is 77.0 cm³/mol. The highest BCUT2D eigenvalue weighted by Gasteiger charge is 2.60. The lowest BCUT2D eigenvalue weighted by Crippen LogP contribution is -2.42. The number of methoxy groups -OCH3 is 1. The van der Waals surface area contributed by atoms with E-state index in [0.717, 1.165) is 24.8 Å². The molecule has 1 aliphatic carbocycles. The molecular weight excluding hydrogens is 271 g/mol. The number of hydrogen-bond acceptors (Lipinski definition) is 3. The first-order valence-electron chi connectivity index (χ1n) is 7.46. The highest BCUT2D eigenvalue weighted by atomic mass is 19.1. The Kier molecular flexibility index (Phi) is 3.71. The van der Waals surface area contributed by atoms with Crippen molar-refractivity contribution in [1.29, 1.82) is 0 Å². The minimum Gasteiger partial charge on any atom is -0.383 e. The van der Waals surface area contributed by atoms with E-state index < -0.39 is 5.54 Å². The van der Waals surface area contributed by atoms with E-state index in [1.54, 1.807) is 13.2 Å². The fourth-order valence-electron chi connectivity index (χ4n) is 3.13. The summed E-state index contributed by atoms with van der Waals surface area (Å²) < 4.78 is 18.8. The third-order valence-electron chi connectivity index (χ3n) is 4.47. The third-order valence-corrected chi connectivity index (χ3v) is 4.47. The Hall–Kier alpha value is -1.46. The van der Waals surface area contributed by atoms with E-state index in [1.807, 2.05) is 17.9 Å². The average Bonchev–Trinajstić information content (AvgIpc) is 3.20. The van der Waals surface area contributed by atoms with Crippen LogP contribution in [0.5, 0.6) is 0 Å². The van der Waals surface area contributed by atoms with Gasteiger partial charge in [0.15, 0.2) is 0 Å². The lowest BCUT2D eigenvalue weighted by atomic mass is 10.1. The maximum absolute atomic E-state index is 13.5. The van der Waals surface area contributed by atoms with Crippen LogP contribution in [-0.4, -0.2) is 36.1 Å². The van der Waals surface area contributed by atoms with Crippen LogP contribution in [0.4, 0.5) is 4.39 Å². The van der Waals surface area contributed by atoms with Crippen LogP contribution in [0.3, 0.4) is 0 Å². The summed E-state index contributed by atoms with van der Waals surface area (Å²) in [5.74, 6) is -0.154. The first-order chi connectivity index (χ1) is 10.1. The molecule has 1 amide bonds. The molecule has 1 aromatic rings. The summed E-state index contributed by atoms with van der Waals surface area (Å²) >= 11 is 0. The van der Waals surface area contributed by atoms with E-state index in [-0.39, 0.29) is 23.9 Å². The van der Waals surface area contributed by atoms with Gasteiger partial charge in [0, 0.05) is 7.11 Å². The van der Waals surface area contributed by atoms with E-state index in [4.69, 9.17) is 4.74 Å². The van der Waals surface area contributed by atoms with Crippen LogP contribution in [0.25, 0.3) is 0 Å². The Morgan fingerprint density at radius 1 is 1.52 bits per heavy atom. The van der Waals surface area contributed by atoms with Crippen molar-refractivity contribution < 1.29 is 13.9 Å². The van der Waals surface area contributed by atoms with Crippen molar-refractivity contribution in [3.63, 3.8) is 0 Å². The van der Waals surface area contributed by atoms with Crippen molar-refractivity contribution in [1.82, 2.24) is 10.2 Å². The Balaban J connectivity index is 1.94. The maximum Gasteiger partial charge on any atom is 0.244 e. The number of benzene rings is 1. The Morgan fingerprint density at radius 3 is 2.86 bits per heavy atom. The van der Waals surface area contributed by atoms with E-state index in [0.29, 0.717) is 6.61 Å². The fourth-order valence-corrected chi connectivity index (χ4v) is 3.13. The van der Waals surface area contributed by atoms with E-state index in [9.17, 15) is 9.18 Å². The van der Waals surface area contributed by atoms with Gasteiger partial charge in [0.25, 0.3) is 0 Å². The van der Waals surface area contributed by atoms with Crippen LogP contribution >= 0.6 is 0 Å². The van der Waals surface area contributed by atoms with Crippen molar-refractivity contribution in [2.24, 2.45) is 0 Å². The molecule has 1 saturated heterocycles. The second-order valence-corrected chi connectivity index (χ2v) is 5.91. The molecule has 2 atom stereocenters. The van der Waals surface area contributed by atoms with E-state index >= 15 is 0 Å². The predicted octanol–water partition coefficient (Wildman–Crippen LogP) is 2.21. The average molecular weight is 292 g/mol. The van der Waals surface area contributed by atoms with Crippen molar-refractivity contribution in [3.8, 4) is 0 Å². The Morgan fingerprint density at radius 2 is 2.29 bits per heavy atom. The van der Waals surface area contributed by atoms with Crippen LogP contribution < -0.4 is 5.32 Å². The topological polar surface area (TPSA) is 41.6 Å². The summed E-state index contributed by atoms with van der Waals surface area (Å²) in [5.41, 5.74) is 0.375. The molecule has 1 aromatic carbocycles. The summed E-state index contributed by atoms with van der Waals surface area (Å²) in [5, 5.41) is 3.41. The van der Waals surface area contributed by atoms with Gasteiger partial charge in [0.1, 0.15) is 17.5 Å². The third kappa shape index (κ3) is 2.45. The number of ether oxygens (including phenoxy) is 1. The molecule has 0 aromatic heterocycles. The van der Waals surface area contributed by atoms with Crippen LogP contribution in [-0.2, 0) is 9.53 Å². The van der Waals surface area contributed by atoms with Gasteiger partial charge in [-0.2, -0.15) is 0 Å². The minimum atomic E-state index is -0.419. The molecule has 21 heavy (non-hydrogen) atoms. The number of carbonyl (C=O) groups is 1. The fraction of sp³-hybridized carbons (Fsp3) is 0.562. The van der Waals surface area contributed by atoms with Crippen molar-refractivity contribution >= 4 is 5.91 Å². The van der Waals surface area contributed by atoms with Gasteiger partial charge >= 0.3 is 0 Å². The lowest BCUT2D eigenvalue weighted by molar-refractivity contribution is -0.134. The quantitative estimate of drug-likeness (QED) is 0.904. The molecule has 1 saturated carbocycles. The van der Waals surface area contributed by atoms with Gasteiger partial charge < -0.3 is 9.64 Å². The van der Waals surface area contributed by atoms with Gasteiger partial charge in [-0.25, -0.2) is 4.39 Å². The first kappa shape index (κ1) is 14.5. The molecule has 1 spiro atoms. The number of nitrogens with one attached hydrogen (secondary N) is 1. The zero-order valence-corrected chi connectivity index (χ0v) is 12.4. The SMILES string of the molecule is CCC(COC)N1C(=O)C2(CC2)NC1c1cccc(F)c1. The second kappa shape index (κ2) is 5.39. The summed E-state index contributed by atoms with van der Waals surface area (Å²) in [7, 11) is 1.64. The number of amides is 1. The molecule has 114 valence electrons. The van der Waals surface area contributed by atoms with Crippen LogP contribution in [0.15, 0.2) is 24.3 Å². The number of carbonyl (C=O) groups excluding carboxylic acids is 1. The van der Waals surface area contributed by atoms with Gasteiger partial charge in [-0.3, -0.25) is 10.1 Å². The molecular formula is C16H21FN2O2. The van der Waals surface area contributed by atoms with Gasteiger partial charge in [0.2, 0.25) is 5.91 Å². The van der Waals surface area contributed by atoms with E-state index in [1.165, 1.54) is 12.1 Å². The van der Waals surface area contributed by atoms with Crippen LogP contribution in [0.2, 0.25) is 0 Å². The molecule has 2 unspecified atom stereocenters. The molecule has 1 heterocycles. The van der Waals surface area contributed by atoms with Gasteiger partial charge in [0.05, 0.1) is 12.6 Å². The normalized spacial score (nSPS) is 24.6. The number of halogens is 1. The molecule has 0 bridgehead atoms. The molecule has 1 aliphatic heterocycles. The zero-order chi connectivity index (χ0) is 15.0. The standard InChI is InChI=1S/C16H21FN2O2/c1-3-13(10-21-2)19-14(11-5-4-6-12(17)9-11)18-16(7-8-16)15(19)20/h4-6,9,13-14,18H,3,7-8,10H2,1-2H3. The van der Waals surface area contributed by atoms with Crippen LogP contribution in [0, 0.1) is 5.82 Å². The highest BCUT2D eigenvalue weighted by Crippen LogP contribution is 2.47. The minimum absolute atomic E-state index is 0.00300. The number of nitrogens with zero attached hydrogens (tertiary/aromatic N) is 1. The van der Waals surface area contributed by atoms with Crippen molar-refractivity contribution in [2.75, 3.05) is 13.7 Å². The van der Waals surface area contributed by atoms with Crippen LogP contribution in [0.1, 0.15) is 37.9 Å². The van der Waals surface area contributed by atoms with Gasteiger partial charge in [-0.1, -0.05) is 19.1 Å². The van der Waals surface area contributed by atoms with Gasteiger partial charge in [-0.15, -0.1) is 0 Å². The highest BCUT2D eigenvalue weighted by molar-refractivity contribution is 5.92. The Labute approximate surface area is 124 Å². The molecule has 5 heteroatoms. The summed E-state index contributed by atoms with van der Waals surface area (Å²) in [4.78, 5) is 14.6. The molecule has 3 rings (SSSR count). The lowest BCUT2D eigenvalue weighted by Gasteiger charge is -2.32. The van der Waals surface area contributed by atoms with Gasteiger partial charge in [-0.05, 0) is 37.0 Å². The first-order valence-corrected chi connectivity index (χ1v) is 7.46. The number of hydrogen-bond donors (Lipinski definition) is 1. The monoisotopic (exact) mass is 292 g/mol. The molecule has 1 N–H and O–H groups in total. The van der Waals surface area contributed by atoms with Crippen molar-refractivity contribution in [3.05, 3.63) is 35.6 Å². The smallest absolute Gasteiger partial charge is 0.244 e.